The van der Waals surface area contributed by atoms with E-state index in [1.54, 1.807) is 6.20 Å². The summed E-state index contributed by atoms with van der Waals surface area (Å²) in [5.74, 6) is 0.458. The lowest BCUT2D eigenvalue weighted by atomic mass is 10.1. The van der Waals surface area contributed by atoms with Crippen LogP contribution in [0.2, 0.25) is 5.02 Å². The highest BCUT2D eigenvalue weighted by Crippen LogP contribution is 2.21. The van der Waals surface area contributed by atoms with E-state index in [4.69, 9.17) is 11.6 Å². The lowest BCUT2D eigenvalue weighted by Gasteiger charge is -2.09. The Morgan fingerprint density at radius 3 is 2.21 bits per heavy atom. The van der Waals surface area contributed by atoms with Crippen molar-refractivity contribution in [3.8, 4) is 11.3 Å². The number of aromatic nitrogens is 2. The van der Waals surface area contributed by atoms with Gasteiger partial charge in [0.05, 0.1) is 5.69 Å². The Morgan fingerprint density at radius 2 is 1.52 bits per heavy atom. The predicted molar refractivity (Wildman–Crippen MR) is 137 cm³/mol. The van der Waals surface area contributed by atoms with Gasteiger partial charge in [0.25, 0.3) is 5.91 Å². The summed E-state index contributed by atoms with van der Waals surface area (Å²) >= 11 is 5.97. The zero-order valence-corrected chi connectivity index (χ0v) is 20.1. The second kappa shape index (κ2) is 13.6. The van der Waals surface area contributed by atoms with Crippen molar-refractivity contribution in [2.45, 2.75) is 58.3 Å². The third kappa shape index (κ3) is 8.50. The maximum atomic E-state index is 12.4. The highest BCUT2D eigenvalue weighted by molar-refractivity contribution is 6.30. The molecular weight excluding hydrogens is 432 g/mol. The topological polar surface area (TPSA) is 66.9 Å². The molecule has 1 amide bonds. The molecule has 1 aromatic heterocycles. The number of hydrogen-bond donors (Lipinski definition) is 2. The maximum Gasteiger partial charge on any atom is 0.251 e. The number of hydrogen-bond acceptors (Lipinski definition) is 4. The van der Waals surface area contributed by atoms with Crippen molar-refractivity contribution in [2.75, 3.05) is 11.9 Å². The number of halogens is 1. The van der Waals surface area contributed by atoms with Crippen LogP contribution in [0, 0.1) is 0 Å². The first-order valence-electron chi connectivity index (χ1n) is 11.9. The van der Waals surface area contributed by atoms with Gasteiger partial charge >= 0.3 is 0 Å². The number of anilines is 2. The average molecular weight is 465 g/mol. The van der Waals surface area contributed by atoms with Crippen molar-refractivity contribution in [1.82, 2.24) is 15.3 Å². The highest BCUT2D eigenvalue weighted by Gasteiger charge is 2.06. The van der Waals surface area contributed by atoms with Gasteiger partial charge < -0.3 is 10.6 Å². The fourth-order valence-electron chi connectivity index (χ4n) is 3.60. The molecule has 0 spiro atoms. The number of nitrogens with zero attached hydrogens (tertiary/aromatic N) is 2. The summed E-state index contributed by atoms with van der Waals surface area (Å²) in [5, 5.41) is 6.90. The van der Waals surface area contributed by atoms with Crippen LogP contribution in [0.4, 0.5) is 11.6 Å². The van der Waals surface area contributed by atoms with E-state index in [1.807, 2.05) is 54.6 Å². The molecular formula is C27H33ClN4O. The van der Waals surface area contributed by atoms with E-state index in [1.165, 1.54) is 44.9 Å². The first-order valence-corrected chi connectivity index (χ1v) is 12.3. The summed E-state index contributed by atoms with van der Waals surface area (Å²) in [6.07, 6.45) is 11.8. The number of nitrogens with one attached hydrogen (secondary N) is 2. The van der Waals surface area contributed by atoms with Crippen molar-refractivity contribution >= 4 is 29.1 Å². The molecule has 0 fully saturated rings. The van der Waals surface area contributed by atoms with Crippen LogP contribution in [0.1, 0.15) is 68.6 Å². The van der Waals surface area contributed by atoms with Crippen molar-refractivity contribution in [3.05, 3.63) is 71.4 Å². The van der Waals surface area contributed by atoms with Crippen LogP contribution in [-0.2, 0) is 0 Å². The van der Waals surface area contributed by atoms with Crippen LogP contribution in [0.5, 0.6) is 0 Å². The molecule has 6 heteroatoms. The molecule has 0 bridgehead atoms. The Morgan fingerprint density at radius 1 is 0.848 bits per heavy atom. The zero-order valence-electron chi connectivity index (χ0n) is 19.3. The summed E-state index contributed by atoms with van der Waals surface area (Å²) in [6, 6.07) is 16.7. The van der Waals surface area contributed by atoms with Gasteiger partial charge in [-0.05, 0) is 48.9 Å². The standard InChI is InChI=1S/C27H33ClN4O/c1-2-3-4-5-6-7-8-9-19-29-26(33)22-12-16-24(17-13-22)31-27-30-20-18-25(32-27)21-10-14-23(28)15-11-21/h10-18,20H,2-9,19H2,1H3,(H,29,33)(H,30,31,32). The zero-order chi connectivity index (χ0) is 23.3. The molecule has 174 valence electrons. The Kier molecular flexibility index (Phi) is 10.2. The minimum Gasteiger partial charge on any atom is -0.352 e. The van der Waals surface area contributed by atoms with Gasteiger partial charge in [0, 0.05) is 34.6 Å². The maximum absolute atomic E-state index is 12.4. The Balaban J connectivity index is 1.43. The van der Waals surface area contributed by atoms with Crippen LogP contribution >= 0.6 is 11.6 Å². The first kappa shape index (κ1) is 24.7. The molecule has 2 aromatic carbocycles. The van der Waals surface area contributed by atoms with E-state index >= 15 is 0 Å². The average Bonchev–Trinajstić information content (AvgIpc) is 2.84. The van der Waals surface area contributed by atoms with E-state index < -0.39 is 0 Å². The highest BCUT2D eigenvalue weighted by atomic mass is 35.5. The van der Waals surface area contributed by atoms with E-state index in [-0.39, 0.29) is 5.91 Å². The third-order valence-electron chi connectivity index (χ3n) is 5.51. The van der Waals surface area contributed by atoms with Gasteiger partial charge in [-0.15, -0.1) is 0 Å². The molecule has 3 aromatic rings. The van der Waals surface area contributed by atoms with Gasteiger partial charge in [0.15, 0.2) is 0 Å². The van der Waals surface area contributed by atoms with Gasteiger partial charge in [-0.1, -0.05) is 75.6 Å². The van der Waals surface area contributed by atoms with Crippen LogP contribution < -0.4 is 10.6 Å². The fraction of sp³-hybridized carbons (Fsp3) is 0.370. The number of amides is 1. The number of rotatable bonds is 13. The van der Waals surface area contributed by atoms with Crippen molar-refractivity contribution < 1.29 is 4.79 Å². The van der Waals surface area contributed by atoms with E-state index in [2.05, 4.69) is 27.5 Å². The molecule has 3 rings (SSSR count). The van der Waals surface area contributed by atoms with Gasteiger partial charge in [-0.25, -0.2) is 9.97 Å². The largest absolute Gasteiger partial charge is 0.352 e. The monoisotopic (exact) mass is 464 g/mol. The van der Waals surface area contributed by atoms with Crippen LogP contribution in [0.15, 0.2) is 60.8 Å². The second-order valence-corrected chi connectivity index (χ2v) is 8.64. The molecule has 0 atom stereocenters. The molecule has 0 aliphatic rings. The fourth-order valence-corrected chi connectivity index (χ4v) is 3.72. The molecule has 0 saturated carbocycles. The number of benzene rings is 2. The summed E-state index contributed by atoms with van der Waals surface area (Å²) in [4.78, 5) is 21.2. The Hall–Kier alpha value is -2.92. The Labute approximate surface area is 202 Å². The quantitative estimate of drug-likeness (QED) is 0.258. The summed E-state index contributed by atoms with van der Waals surface area (Å²) in [5.41, 5.74) is 3.24. The molecule has 0 saturated heterocycles. The lowest BCUT2D eigenvalue weighted by molar-refractivity contribution is 0.0953. The molecule has 2 N–H and O–H groups in total. The summed E-state index contributed by atoms with van der Waals surface area (Å²) in [6.45, 7) is 2.96. The molecule has 33 heavy (non-hydrogen) atoms. The van der Waals surface area contributed by atoms with Crippen molar-refractivity contribution in [1.29, 1.82) is 0 Å². The van der Waals surface area contributed by atoms with E-state index in [0.29, 0.717) is 16.5 Å². The Bertz CT molecular complexity index is 990. The second-order valence-electron chi connectivity index (χ2n) is 8.21. The predicted octanol–water partition coefficient (Wildman–Crippen LogP) is 7.41. The minimum atomic E-state index is -0.0366. The number of unbranched alkanes of at least 4 members (excludes halogenated alkanes) is 7. The van der Waals surface area contributed by atoms with Crippen LogP contribution in [0.25, 0.3) is 11.3 Å². The van der Waals surface area contributed by atoms with Gasteiger partial charge in [0.2, 0.25) is 5.95 Å². The minimum absolute atomic E-state index is 0.0366. The molecule has 0 radical (unpaired) electrons. The van der Waals surface area contributed by atoms with Crippen molar-refractivity contribution in [3.63, 3.8) is 0 Å². The van der Waals surface area contributed by atoms with Gasteiger partial charge in [-0.3, -0.25) is 4.79 Å². The lowest BCUT2D eigenvalue weighted by Crippen LogP contribution is -2.24. The molecule has 0 unspecified atom stereocenters. The molecule has 5 nitrogen and oxygen atoms in total. The first-order chi connectivity index (χ1) is 16.2. The molecule has 0 aliphatic carbocycles. The molecule has 1 heterocycles. The SMILES string of the molecule is CCCCCCCCCCNC(=O)c1ccc(Nc2nccc(-c3ccc(Cl)cc3)n2)cc1. The van der Waals surface area contributed by atoms with E-state index in [9.17, 15) is 4.79 Å². The van der Waals surface area contributed by atoms with Crippen molar-refractivity contribution in [2.24, 2.45) is 0 Å². The third-order valence-corrected chi connectivity index (χ3v) is 5.77. The summed E-state index contributed by atoms with van der Waals surface area (Å²) in [7, 11) is 0. The normalized spacial score (nSPS) is 10.7. The summed E-state index contributed by atoms with van der Waals surface area (Å²) < 4.78 is 0. The van der Waals surface area contributed by atoms with Gasteiger partial charge in [0.1, 0.15) is 0 Å². The smallest absolute Gasteiger partial charge is 0.251 e. The van der Waals surface area contributed by atoms with Crippen LogP contribution in [-0.4, -0.2) is 22.4 Å². The number of carbonyl (C=O) groups excluding carboxylic acids is 1. The van der Waals surface area contributed by atoms with Crippen LogP contribution in [0.3, 0.4) is 0 Å². The number of carbonyl (C=O) groups is 1. The molecule has 0 aliphatic heterocycles. The van der Waals surface area contributed by atoms with Gasteiger partial charge in [-0.2, -0.15) is 0 Å². The van der Waals surface area contributed by atoms with E-state index in [0.717, 1.165) is 29.9 Å².